The van der Waals surface area contributed by atoms with E-state index in [1.54, 1.807) is 31.2 Å². The van der Waals surface area contributed by atoms with Gasteiger partial charge in [-0.05, 0) is 12.5 Å². The smallest absolute Gasteiger partial charge is 0.347 e. The van der Waals surface area contributed by atoms with Crippen LogP contribution in [0.5, 0.6) is 0 Å². The Bertz CT molecular complexity index is 739. The SMILES string of the molecule is Cc1nc(CNS(=O)(=O)Cc2ccccc2)sc1C(=O)O. The Kier molecular flexibility index (Phi) is 4.71. The molecule has 2 rings (SSSR count). The van der Waals surface area contributed by atoms with E-state index in [1.165, 1.54) is 0 Å². The number of carbonyl (C=O) groups is 1. The topological polar surface area (TPSA) is 96.4 Å². The predicted octanol–water partition coefficient (Wildman–Crippen LogP) is 1.77. The van der Waals surface area contributed by atoms with Gasteiger partial charge in [-0.2, -0.15) is 0 Å². The molecule has 0 aliphatic carbocycles. The summed E-state index contributed by atoms with van der Waals surface area (Å²) in [6.07, 6.45) is 0. The average Bonchev–Trinajstić information content (AvgIpc) is 2.79. The predicted molar refractivity (Wildman–Crippen MR) is 79.7 cm³/mol. The minimum Gasteiger partial charge on any atom is -0.477 e. The summed E-state index contributed by atoms with van der Waals surface area (Å²) < 4.78 is 26.3. The molecule has 0 atom stereocenters. The molecule has 112 valence electrons. The molecule has 2 N–H and O–H groups in total. The second-order valence-electron chi connectivity index (χ2n) is 4.39. The molecule has 0 aliphatic heterocycles. The second-order valence-corrected chi connectivity index (χ2v) is 7.28. The summed E-state index contributed by atoms with van der Waals surface area (Å²) in [5.41, 5.74) is 1.08. The number of benzene rings is 1. The van der Waals surface area contributed by atoms with Gasteiger partial charge in [0.1, 0.15) is 9.88 Å². The number of aryl methyl sites for hydroxylation is 1. The van der Waals surface area contributed by atoms with Gasteiger partial charge in [-0.1, -0.05) is 30.3 Å². The Balaban J connectivity index is 2.02. The normalized spacial score (nSPS) is 11.5. The number of hydrogen-bond acceptors (Lipinski definition) is 5. The van der Waals surface area contributed by atoms with Crippen LogP contribution in [0.25, 0.3) is 0 Å². The molecular weight excluding hydrogens is 312 g/mol. The third-order valence-corrected chi connectivity index (χ3v) is 5.12. The second kappa shape index (κ2) is 6.33. The van der Waals surface area contributed by atoms with Crippen LogP contribution in [-0.4, -0.2) is 24.5 Å². The number of carboxylic acids is 1. The first-order valence-corrected chi connectivity index (χ1v) is 8.55. The van der Waals surface area contributed by atoms with Gasteiger partial charge in [0.05, 0.1) is 18.0 Å². The zero-order valence-corrected chi connectivity index (χ0v) is 12.9. The van der Waals surface area contributed by atoms with E-state index in [0.29, 0.717) is 16.3 Å². The Morgan fingerprint density at radius 2 is 2.00 bits per heavy atom. The van der Waals surface area contributed by atoms with Crippen LogP contribution in [0.15, 0.2) is 30.3 Å². The molecule has 1 aromatic carbocycles. The molecule has 8 heteroatoms. The molecule has 0 radical (unpaired) electrons. The molecule has 21 heavy (non-hydrogen) atoms. The van der Waals surface area contributed by atoms with Crippen molar-refractivity contribution in [3.8, 4) is 0 Å². The van der Waals surface area contributed by atoms with Crippen molar-refractivity contribution in [3.05, 3.63) is 51.5 Å². The molecule has 1 aromatic heterocycles. The largest absolute Gasteiger partial charge is 0.477 e. The highest BCUT2D eigenvalue weighted by Crippen LogP contribution is 2.18. The van der Waals surface area contributed by atoms with Crippen LogP contribution in [0, 0.1) is 6.92 Å². The third-order valence-electron chi connectivity index (χ3n) is 2.68. The van der Waals surface area contributed by atoms with Gasteiger partial charge >= 0.3 is 5.97 Å². The summed E-state index contributed by atoms with van der Waals surface area (Å²) in [4.78, 5) is 15.1. The number of aromatic nitrogens is 1. The van der Waals surface area contributed by atoms with Gasteiger partial charge in [-0.3, -0.25) is 0 Å². The minimum atomic E-state index is -3.49. The lowest BCUT2D eigenvalue weighted by atomic mass is 10.2. The maximum atomic E-state index is 11.9. The summed E-state index contributed by atoms with van der Waals surface area (Å²) in [5, 5.41) is 9.37. The van der Waals surface area contributed by atoms with E-state index in [1.807, 2.05) is 6.07 Å². The highest BCUT2D eigenvalue weighted by Gasteiger charge is 2.16. The molecule has 0 unspecified atom stereocenters. The summed E-state index contributed by atoms with van der Waals surface area (Å²) in [7, 11) is -3.49. The van der Waals surface area contributed by atoms with Crippen LogP contribution in [0.4, 0.5) is 0 Å². The maximum Gasteiger partial charge on any atom is 0.347 e. The van der Waals surface area contributed by atoms with Crippen molar-refractivity contribution >= 4 is 27.3 Å². The van der Waals surface area contributed by atoms with Crippen LogP contribution < -0.4 is 4.72 Å². The van der Waals surface area contributed by atoms with Crippen molar-refractivity contribution in [3.63, 3.8) is 0 Å². The van der Waals surface area contributed by atoms with Gasteiger partial charge in [0.25, 0.3) is 0 Å². The van der Waals surface area contributed by atoms with Gasteiger partial charge in [-0.15, -0.1) is 11.3 Å². The summed E-state index contributed by atoms with van der Waals surface area (Å²) in [6.45, 7) is 1.58. The number of sulfonamides is 1. The Hall–Kier alpha value is -1.77. The first-order valence-electron chi connectivity index (χ1n) is 6.08. The van der Waals surface area contributed by atoms with E-state index in [9.17, 15) is 13.2 Å². The fourth-order valence-electron chi connectivity index (χ4n) is 1.74. The lowest BCUT2D eigenvalue weighted by molar-refractivity contribution is 0.0701. The van der Waals surface area contributed by atoms with Crippen LogP contribution in [0.1, 0.15) is 25.9 Å². The van der Waals surface area contributed by atoms with E-state index < -0.39 is 16.0 Å². The number of nitrogens with zero attached hydrogens (tertiary/aromatic N) is 1. The quantitative estimate of drug-likeness (QED) is 0.843. The first kappa shape index (κ1) is 15.6. The first-order chi connectivity index (χ1) is 9.87. The van der Waals surface area contributed by atoms with Gasteiger partial charge in [0.2, 0.25) is 10.0 Å². The zero-order valence-electron chi connectivity index (χ0n) is 11.2. The fraction of sp³-hybridized carbons (Fsp3) is 0.231. The highest BCUT2D eigenvalue weighted by molar-refractivity contribution is 7.88. The van der Waals surface area contributed by atoms with Crippen LogP contribution in [0.3, 0.4) is 0 Å². The van der Waals surface area contributed by atoms with E-state index in [2.05, 4.69) is 9.71 Å². The molecule has 2 aromatic rings. The van der Waals surface area contributed by atoms with Crippen LogP contribution >= 0.6 is 11.3 Å². The van der Waals surface area contributed by atoms with Gasteiger partial charge in [-0.25, -0.2) is 22.9 Å². The fourth-order valence-corrected chi connectivity index (χ4v) is 3.77. The molecule has 6 nitrogen and oxygen atoms in total. The van der Waals surface area contributed by atoms with E-state index in [-0.39, 0.29) is 17.2 Å². The van der Waals surface area contributed by atoms with E-state index in [0.717, 1.165) is 11.3 Å². The number of hydrogen-bond donors (Lipinski definition) is 2. The summed E-state index contributed by atoms with van der Waals surface area (Å²) in [6, 6.07) is 8.82. The van der Waals surface area contributed by atoms with Crippen molar-refractivity contribution < 1.29 is 18.3 Å². The number of thiazole rings is 1. The molecule has 1 heterocycles. The monoisotopic (exact) mass is 326 g/mol. The van der Waals surface area contributed by atoms with Crippen LogP contribution in [0.2, 0.25) is 0 Å². The molecule has 0 saturated heterocycles. The molecule has 0 spiro atoms. The molecule has 0 bridgehead atoms. The standard InChI is InChI=1S/C13H14N2O4S2/c1-9-12(13(16)17)20-11(15-9)7-14-21(18,19)8-10-5-3-2-4-6-10/h2-6,14H,7-8H2,1H3,(H,16,17). The number of carboxylic acid groups (broad SMARTS) is 1. The summed E-state index contributed by atoms with van der Waals surface area (Å²) >= 11 is 0.977. The van der Waals surface area contributed by atoms with Gasteiger partial charge in [0.15, 0.2) is 0 Å². The lowest BCUT2D eigenvalue weighted by Gasteiger charge is -2.05. The van der Waals surface area contributed by atoms with Crippen molar-refractivity contribution in [2.24, 2.45) is 0 Å². The number of aromatic carboxylic acids is 1. The van der Waals surface area contributed by atoms with Crippen molar-refractivity contribution in [2.45, 2.75) is 19.2 Å². The van der Waals surface area contributed by atoms with Gasteiger partial charge < -0.3 is 5.11 Å². The van der Waals surface area contributed by atoms with E-state index >= 15 is 0 Å². The molecule has 0 saturated carbocycles. The van der Waals surface area contributed by atoms with Crippen LogP contribution in [-0.2, 0) is 22.3 Å². The Morgan fingerprint density at radius 3 is 2.57 bits per heavy atom. The third kappa shape index (κ3) is 4.35. The summed E-state index contributed by atoms with van der Waals surface area (Å²) in [5.74, 6) is -1.17. The highest BCUT2D eigenvalue weighted by atomic mass is 32.2. The average molecular weight is 326 g/mol. The van der Waals surface area contributed by atoms with E-state index in [4.69, 9.17) is 5.11 Å². The molecule has 0 amide bonds. The van der Waals surface area contributed by atoms with Gasteiger partial charge in [0, 0.05) is 0 Å². The lowest BCUT2D eigenvalue weighted by Crippen LogP contribution is -2.24. The van der Waals surface area contributed by atoms with Crippen molar-refractivity contribution in [1.29, 1.82) is 0 Å². The Labute approximate surface area is 126 Å². The Morgan fingerprint density at radius 1 is 1.33 bits per heavy atom. The number of rotatable bonds is 6. The minimum absolute atomic E-state index is 0.00600. The molecule has 0 fully saturated rings. The number of nitrogens with one attached hydrogen (secondary N) is 1. The zero-order chi connectivity index (χ0) is 15.5. The van der Waals surface area contributed by atoms with Crippen molar-refractivity contribution in [1.82, 2.24) is 9.71 Å². The molecule has 0 aliphatic rings. The maximum absolute atomic E-state index is 11.9. The molecular formula is C13H14N2O4S2. The van der Waals surface area contributed by atoms with Crippen molar-refractivity contribution in [2.75, 3.05) is 0 Å².